The number of hydrogen-bond acceptors (Lipinski definition) is 9. The predicted molar refractivity (Wildman–Crippen MR) is 139 cm³/mol. The van der Waals surface area contributed by atoms with Crippen molar-refractivity contribution in [2.75, 3.05) is 43.5 Å². The molecule has 0 radical (unpaired) electrons. The third-order valence-electron chi connectivity index (χ3n) is 6.94. The molecule has 2 saturated heterocycles. The number of carbonyl (C=O) groups is 1. The number of halogens is 1. The number of pyridine rings is 1. The summed E-state index contributed by atoms with van der Waals surface area (Å²) in [5, 5.41) is 15.0. The molecule has 37 heavy (non-hydrogen) atoms. The second-order valence-corrected chi connectivity index (χ2v) is 9.86. The zero-order valence-corrected chi connectivity index (χ0v) is 21.4. The molecule has 12 heteroatoms. The summed E-state index contributed by atoms with van der Waals surface area (Å²) < 4.78 is 21.4. The van der Waals surface area contributed by atoms with Gasteiger partial charge in [0.1, 0.15) is 17.8 Å². The van der Waals surface area contributed by atoms with Gasteiger partial charge in [0.15, 0.2) is 5.69 Å². The molecule has 5 rings (SSSR count). The molecule has 2 aliphatic rings. The number of rotatable bonds is 7. The van der Waals surface area contributed by atoms with Crippen molar-refractivity contribution in [2.45, 2.75) is 57.5 Å². The monoisotopic (exact) mass is 511 g/mol. The number of methoxy groups -OCH3 is 1. The summed E-state index contributed by atoms with van der Waals surface area (Å²) in [6.45, 7) is 6.64. The van der Waals surface area contributed by atoms with Gasteiger partial charge in [0, 0.05) is 44.2 Å². The van der Waals surface area contributed by atoms with Crippen molar-refractivity contribution >= 4 is 34.4 Å². The van der Waals surface area contributed by atoms with Gasteiger partial charge in [-0.25, -0.2) is 14.4 Å². The Morgan fingerprint density at radius 1 is 1.22 bits per heavy atom. The number of aromatic nitrogens is 5. The molecule has 3 aromatic rings. The van der Waals surface area contributed by atoms with Crippen molar-refractivity contribution in [3.05, 3.63) is 30.2 Å². The van der Waals surface area contributed by atoms with Gasteiger partial charge in [-0.2, -0.15) is 10.1 Å². The molecule has 0 aliphatic carbocycles. The lowest BCUT2D eigenvalue weighted by molar-refractivity contribution is 0.0194. The number of carbonyl (C=O) groups excluding carboxylic acids is 1. The van der Waals surface area contributed by atoms with Crippen LogP contribution in [0.4, 0.5) is 22.0 Å². The van der Waals surface area contributed by atoms with E-state index in [1.54, 1.807) is 18.5 Å². The average molecular weight is 512 g/mol. The van der Waals surface area contributed by atoms with Gasteiger partial charge in [-0.15, -0.1) is 0 Å². The summed E-state index contributed by atoms with van der Waals surface area (Å²) in [7, 11) is 1.53. The van der Waals surface area contributed by atoms with E-state index in [1.807, 2.05) is 29.5 Å². The van der Waals surface area contributed by atoms with E-state index in [0.717, 1.165) is 31.4 Å². The smallest absolute Gasteiger partial charge is 0.272 e. The minimum absolute atomic E-state index is 0.0486. The lowest BCUT2D eigenvalue weighted by Crippen LogP contribution is -2.46. The minimum Gasteiger partial charge on any atom is -0.378 e. The van der Waals surface area contributed by atoms with E-state index in [-0.39, 0.29) is 24.5 Å². The second-order valence-electron chi connectivity index (χ2n) is 9.86. The van der Waals surface area contributed by atoms with Crippen LogP contribution in [0.3, 0.4) is 0 Å². The Bertz CT molecular complexity index is 1240. The van der Waals surface area contributed by atoms with Crippen molar-refractivity contribution in [3.8, 4) is 0 Å². The summed E-state index contributed by atoms with van der Waals surface area (Å²) >= 11 is 0. The Balaban J connectivity index is 1.36. The number of fused-ring (bicyclic) bond motifs is 1. The number of nitrogens with one attached hydrogen (secondary N) is 3. The van der Waals surface area contributed by atoms with Gasteiger partial charge in [0.05, 0.1) is 23.6 Å². The molecular weight excluding hydrogens is 477 g/mol. The fraction of sp³-hybridized carbons (Fsp3) is 0.560. The molecule has 5 heterocycles. The molecule has 3 aromatic heterocycles. The molecule has 0 spiro atoms. The van der Waals surface area contributed by atoms with E-state index < -0.39 is 12.3 Å². The third kappa shape index (κ3) is 5.49. The molecule has 2 unspecified atom stereocenters. The first-order chi connectivity index (χ1) is 17.9. The van der Waals surface area contributed by atoms with Crippen LogP contribution < -0.4 is 20.9 Å². The highest BCUT2D eigenvalue weighted by Gasteiger charge is 2.30. The van der Waals surface area contributed by atoms with E-state index in [1.165, 1.54) is 7.11 Å². The van der Waals surface area contributed by atoms with Crippen LogP contribution in [-0.4, -0.2) is 82.2 Å². The van der Waals surface area contributed by atoms with Crippen molar-refractivity contribution in [2.24, 2.45) is 0 Å². The first-order valence-corrected chi connectivity index (χ1v) is 12.8. The van der Waals surface area contributed by atoms with E-state index in [4.69, 9.17) is 4.74 Å². The summed E-state index contributed by atoms with van der Waals surface area (Å²) in [4.78, 5) is 28.3. The van der Waals surface area contributed by atoms with Crippen LogP contribution in [0.5, 0.6) is 0 Å². The standard InChI is InChI=1S/C25H34FN9O2/c1-15(2)35-19-12-22(29-13-17(19)23(33-35)24(36)30-16-4-8-27-9-5-16)31-21-6-10-28-25(32-21)34-11-7-20(37-3)18(26)14-34/h6,10,12-13,15-16,18,20,27H,4-5,7-9,11,14H2,1-3H3,(H,30,36)(H,28,29,31,32). The molecule has 0 bridgehead atoms. The van der Waals surface area contributed by atoms with Crippen LogP contribution in [0, 0.1) is 0 Å². The van der Waals surface area contributed by atoms with Crippen LogP contribution >= 0.6 is 0 Å². The fourth-order valence-corrected chi connectivity index (χ4v) is 4.91. The molecule has 2 aliphatic heterocycles. The quantitative estimate of drug-likeness (QED) is 0.439. The normalized spacial score (nSPS) is 20.9. The zero-order chi connectivity index (χ0) is 25.9. The Morgan fingerprint density at radius 3 is 2.76 bits per heavy atom. The maximum Gasteiger partial charge on any atom is 0.272 e. The van der Waals surface area contributed by atoms with Gasteiger partial charge in [0.25, 0.3) is 5.91 Å². The number of anilines is 3. The number of alkyl halides is 1. The van der Waals surface area contributed by atoms with Crippen LogP contribution in [0.2, 0.25) is 0 Å². The number of ether oxygens (including phenoxy) is 1. The molecule has 0 aromatic carbocycles. The topological polar surface area (TPSA) is 122 Å². The van der Waals surface area contributed by atoms with E-state index in [9.17, 15) is 9.18 Å². The summed E-state index contributed by atoms with van der Waals surface area (Å²) in [5.41, 5.74) is 1.19. The maximum absolute atomic E-state index is 14.4. The largest absolute Gasteiger partial charge is 0.378 e. The van der Waals surface area contributed by atoms with E-state index >= 15 is 0 Å². The highest BCUT2D eigenvalue weighted by molar-refractivity contribution is 6.05. The first kappa shape index (κ1) is 25.3. The lowest BCUT2D eigenvalue weighted by Gasteiger charge is -2.33. The lowest BCUT2D eigenvalue weighted by atomic mass is 10.1. The van der Waals surface area contributed by atoms with Gasteiger partial charge < -0.3 is 25.6 Å². The first-order valence-electron chi connectivity index (χ1n) is 12.8. The van der Waals surface area contributed by atoms with Crippen molar-refractivity contribution in [1.29, 1.82) is 0 Å². The van der Waals surface area contributed by atoms with Crippen molar-refractivity contribution in [1.82, 2.24) is 35.4 Å². The summed E-state index contributed by atoms with van der Waals surface area (Å²) in [6, 6.07) is 3.80. The minimum atomic E-state index is -1.10. The van der Waals surface area contributed by atoms with Crippen molar-refractivity contribution in [3.63, 3.8) is 0 Å². The molecular formula is C25H34FN9O2. The fourth-order valence-electron chi connectivity index (χ4n) is 4.91. The van der Waals surface area contributed by atoms with Crippen LogP contribution in [-0.2, 0) is 4.74 Å². The zero-order valence-electron chi connectivity index (χ0n) is 21.4. The molecule has 2 atom stereocenters. The number of piperidine rings is 2. The maximum atomic E-state index is 14.4. The predicted octanol–water partition coefficient (Wildman–Crippen LogP) is 2.59. The Kier molecular flexibility index (Phi) is 7.47. The Hall–Kier alpha value is -3.38. The molecule has 11 nitrogen and oxygen atoms in total. The van der Waals surface area contributed by atoms with Gasteiger partial charge in [-0.1, -0.05) is 0 Å². The number of amides is 1. The Labute approximate surface area is 215 Å². The van der Waals surface area contributed by atoms with Crippen LogP contribution in [0.25, 0.3) is 10.9 Å². The highest BCUT2D eigenvalue weighted by Crippen LogP contribution is 2.26. The van der Waals surface area contributed by atoms with Crippen LogP contribution in [0.15, 0.2) is 24.5 Å². The second kappa shape index (κ2) is 10.9. The van der Waals surface area contributed by atoms with Crippen LogP contribution in [0.1, 0.15) is 49.6 Å². The molecule has 198 valence electrons. The Morgan fingerprint density at radius 2 is 2.03 bits per heavy atom. The van der Waals surface area contributed by atoms with E-state index in [0.29, 0.717) is 41.6 Å². The highest BCUT2D eigenvalue weighted by atomic mass is 19.1. The van der Waals surface area contributed by atoms with Gasteiger partial charge in [-0.05, 0) is 52.3 Å². The van der Waals surface area contributed by atoms with Gasteiger partial charge >= 0.3 is 0 Å². The number of nitrogens with zero attached hydrogens (tertiary/aromatic N) is 6. The third-order valence-corrected chi connectivity index (χ3v) is 6.94. The molecule has 1 amide bonds. The van der Waals surface area contributed by atoms with E-state index in [2.05, 4.69) is 36.0 Å². The van der Waals surface area contributed by atoms with Gasteiger partial charge in [0.2, 0.25) is 5.95 Å². The summed E-state index contributed by atoms with van der Waals surface area (Å²) in [5.74, 6) is 1.38. The van der Waals surface area contributed by atoms with Crippen molar-refractivity contribution < 1.29 is 13.9 Å². The molecule has 0 saturated carbocycles. The van der Waals surface area contributed by atoms with Gasteiger partial charge in [-0.3, -0.25) is 9.48 Å². The summed E-state index contributed by atoms with van der Waals surface area (Å²) in [6.07, 6.45) is 4.19. The average Bonchev–Trinajstić information content (AvgIpc) is 3.29. The molecule has 2 fully saturated rings. The molecule has 3 N–H and O–H groups in total. The SMILES string of the molecule is COC1CCN(c2nccc(Nc3cc4c(cn3)c(C(=O)NC3CCNCC3)nn4C(C)C)n2)CC1F. The number of hydrogen-bond donors (Lipinski definition) is 3.